The zero-order valence-corrected chi connectivity index (χ0v) is 11.9. The highest BCUT2D eigenvalue weighted by Gasteiger charge is 2.25. The van der Waals surface area contributed by atoms with E-state index in [1.54, 1.807) is 18.9 Å². The van der Waals surface area contributed by atoms with Crippen LogP contribution in [0.15, 0.2) is 24.3 Å². The lowest BCUT2D eigenvalue weighted by Gasteiger charge is -2.37. The summed E-state index contributed by atoms with van der Waals surface area (Å²) in [5, 5.41) is 8.81. The van der Waals surface area contributed by atoms with Gasteiger partial charge in [0.25, 0.3) is 0 Å². The highest BCUT2D eigenvalue weighted by Crippen LogP contribution is 2.28. The van der Waals surface area contributed by atoms with Gasteiger partial charge >= 0.3 is 0 Å². The second-order valence-corrected chi connectivity index (χ2v) is 4.83. The van der Waals surface area contributed by atoms with Crippen LogP contribution in [0.4, 0.5) is 5.69 Å². The number of carbonyl (C=O) groups excluding carboxylic acids is 1. The molecule has 20 heavy (non-hydrogen) atoms. The summed E-state index contributed by atoms with van der Waals surface area (Å²) < 4.78 is 5.36. The first-order valence-electron chi connectivity index (χ1n) is 6.73. The predicted molar refractivity (Wildman–Crippen MR) is 76.6 cm³/mol. The Morgan fingerprint density at radius 2 is 1.95 bits per heavy atom. The molecule has 1 saturated heterocycles. The maximum Gasteiger partial charge on any atom is 0.239 e. The van der Waals surface area contributed by atoms with Crippen molar-refractivity contribution >= 4 is 11.6 Å². The molecule has 1 unspecified atom stereocenters. The van der Waals surface area contributed by atoms with Crippen LogP contribution in [0.3, 0.4) is 0 Å². The molecule has 5 nitrogen and oxygen atoms in total. The van der Waals surface area contributed by atoms with Crippen molar-refractivity contribution in [2.24, 2.45) is 5.92 Å². The number of hydrogen-bond acceptors (Lipinski definition) is 4. The van der Waals surface area contributed by atoms with E-state index >= 15 is 0 Å². The fourth-order valence-corrected chi connectivity index (χ4v) is 2.39. The molecule has 0 aliphatic carbocycles. The number of carbonyl (C=O) groups is 1. The first-order chi connectivity index (χ1) is 9.67. The summed E-state index contributed by atoms with van der Waals surface area (Å²) >= 11 is 0. The molecule has 0 saturated carbocycles. The molecule has 1 fully saturated rings. The van der Waals surface area contributed by atoms with Crippen LogP contribution in [-0.4, -0.2) is 44.1 Å². The first-order valence-corrected chi connectivity index (χ1v) is 6.73. The molecule has 1 aliphatic rings. The van der Waals surface area contributed by atoms with E-state index in [1.807, 2.05) is 30.3 Å². The van der Waals surface area contributed by atoms with Crippen molar-refractivity contribution in [1.82, 2.24) is 4.90 Å². The fourth-order valence-electron chi connectivity index (χ4n) is 2.39. The maximum atomic E-state index is 12.0. The summed E-state index contributed by atoms with van der Waals surface area (Å²) in [4.78, 5) is 15.9. The Morgan fingerprint density at radius 1 is 1.30 bits per heavy atom. The molecule has 1 aromatic carbocycles. The number of rotatable bonds is 3. The third-order valence-corrected chi connectivity index (χ3v) is 3.58. The molecular formula is C15H19N3O2. The molecule has 1 amide bonds. The van der Waals surface area contributed by atoms with Crippen molar-refractivity contribution in [1.29, 1.82) is 5.26 Å². The molecule has 1 aromatic rings. The van der Waals surface area contributed by atoms with E-state index < -0.39 is 5.92 Å². The fraction of sp³-hybridized carbons (Fsp3) is 0.467. The molecule has 0 N–H and O–H groups in total. The van der Waals surface area contributed by atoms with Crippen molar-refractivity contribution < 1.29 is 9.53 Å². The zero-order chi connectivity index (χ0) is 14.5. The normalized spacial score (nSPS) is 16.4. The summed E-state index contributed by atoms with van der Waals surface area (Å²) in [6.45, 7) is 4.44. The third-order valence-electron chi connectivity index (χ3n) is 3.58. The molecule has 5 heteroatoms. The standard InChI is InChI=1S/C15H19N3O2/c1-12(11-16)15(19)18-9-7-17(8-10-18)13-5-3-4-6-14(13)20-2/h3-6,12H,7-10H2,1-2H3. The van der Waals surface area contributed by atoms with Crippen LogP contribution in [0.2, 0.25) is 0 Å². The number of amides is 1. The SMILES string of the molecule is COc1ccccc1N1CCN(C(=O)C(C)C#N)CC1. The number of benzene rings is 1. The van der Waals surface area contributed by atoms with Crippen molar-refractivity contribution in [2.75, 3.05) is 38.2 Å². The van der Waals surface area contributed by atoms with E-state index in [9.17, 15) is 4.79 Å². The smallest absolute Gasteiger partial charge is 0.239 e. The van der Waals surface area contributed by atoms with Gasteiger partial charge in [0.2, 0.25) is 5.91 Å². The molecule has 0 aromatic heterocycles. The highest BCUT2D eigenvalue weighted by molar-refractivity contribution is 5.81. The van der Waals surface area contributed by atoms with Gasteiger partial charge in [-0.3, -0.25) is 4.79 Å². The van der Waals surface area contributed by atoms with Gasteiger partial charge in [-0.2, -0.15) is 5.26 Å². The average molecular weight is 273 g/mol. The van der Waals surface area contributed by atoms with Crippen LogP contribution in [0.25, 0.3) is 0 Å². The Kier molecular flexibility index (Phi) is 4.46. The minimum Gasteiger partial charge on any atom is -0.495 e. The van der Waals surface area contributed by atoms with E-state index in [-0.39, 0.29) is 5.91 Å². The minimum atomic E-state index is -0.562. The molecule has 0 spiro atoms. The van der Waals surface area contributed by atoms with E-state index in [4.69, 9.17) is 10.00 Å². The Labute approximate surface area is 119 Å². The molecule has 106 valence electrons. The van der Waals surface area contributed by atoms with Gasteiger partial charge < -0.3 is 14.5 Å². The van der Waals surface area contributed by atoms with Gasteiger partial charge in [0.1, 0.15) is 11.7 Å². The second-order valence-electron chi connectivity index (χ2n) is 4.83. The van der Waals surface area contributed by atoms with E-state index in [1.165, 1.54) is 0 Å². The number of ether oxygens (including phenoxy) is 1. The van der Waals surface area contributed by atoms with Gasteiger partial charge in [-0.15, -0.1) is 0 Å². The number of nitriles is 1. The van der Waals surface area contributed by atoms with E-state index in [0.717, 1.165) is 24.5 Å². The van der Waals surface area contributed by atoms with Gasteiger partial charge in [0.05, 0.1) is 18.9 Å². The van der Waals surface area contributed by atoms with Gasteiger partial charge in [0, 0.05) is 26.2 Å². The lowest BCUT2D eigenvalue weighted by molar-refractivity contribution is -0.133. The Bertz CT molecular complexity index is 516. The molecule has 1 heterocycles. The Hall–Kier alpha value is -2.22. The Balaban J connectivity index is 2.01. The van der Waals surface area contributed by atoms with E-state index in [2.05, 4.69) is 4.90 Å². The summed E-state index contributed by atoms with van der Waals surface area (Å²) in [5.74, 6) is 0.206. The van der Waals surface area contributed by atoms with Gasteiger partial charge in [0.15, 0.2) is 0 Å². The van der Waals surface area contributed by atoms with Crippen LogP contribution in [0.5, 0.6) is 5.75 Å². The number of piperazine rings is 1. The highest BCUT2D eigenvalue weighted by atomic mass is 16.5. The van der Waals surface area contributed by atoms with Crippen molar-refractivity contribution in [3.8, 4) is 11.8 Å². The topological polar surface area (TPSA) is 56.6 Å². The summed E-state index contributed by atoms with van der Waals surface area (Å²) in [7, 11) is 1.66. The number of anilines is 1. The summed E-state index contributed by atoms with van der Waals surface area (Å²) in [5.41, 5.74) is 1.05. The van der Waals surface area contributed by atoms with Gasteiger partial charge in [-0.1, -0.05) is 12.1 Å². The van der Waals surface area contributed by atoms with Crippen molar-refractivity contribution in [3.63, 3.8) is 0 Å². The van der Waals surface area contributed by atoms with Crippen LogP contribution in [-0.2, 0) is 4.79 Å². The average Bonchev–Trinajstić information content (AvgIpc) is 2.53. The molecular weight excluding hydrogens is 254 g/mol. The van der Waals surface area contributed by atoms with Crippen LogP contribution >= 0.6 is 0 Å². The summed E-state index contributed by atoms with van der Waals surface area (Å²) in [6.07, 6.45) is 0. The van der Waals surface area contributed by atoms with Gasteiger partial charge in [-0.05, 0) is 19.1 Å². The lowest BCUT2D eigenvalue weighted by atomic mass is 10.1. The van der Waals surface area contributed by atoms with Crippen molar-refractivity contribution in [3.05, 3.63) is 24.3 Å². The van der Waals surface area contributed by atoms with Gasteiger partial charge in [-0.25, -0.2) is 0 Å². The number of hydrogen-bond donors (Lipinski definition) is 0. The first kappa shape index (κ1) is 14.2. The molecule has 0 bridgehead atoms. The number of methoxy groups -OCH3 is 1. The molecule has 1 aliphatic heterocycles. The van der Waals surface area contributed by atoms with Crippen LogP contribution in [0.1, 0.15) is 6.92 Å². The second kappa shape index (κ2) is 6.29. The number of para-hydroxylation sites is 2. The molecule has 1 atom stereocenters. The van der Waals surface area contributed by atoms with Crippen LogP contribution < -0.4 is 9.64 Å². The van der Waals surface area contributed by atoms with Crippen LogP contribution in [0, 0.1) is 17.2 Å². The Morgan fingerprint density at radius 3 is 2.55 bits per heavy atom. The minimum absolute atomic E-state index is 0.0767. The number of nitrogens with zero attached hydrogens (tertiary/aromatic N) is 3. The predicted octanol–water partition coefficient (Wildman–Crippen LogP) is 1.50. The third kappa shape index (κ3) is 2.85. The largest absolute Gasteiger partial charge is 0.495 e. The van der Waals surface area contributed by atoms with Crippen molar-refractivity contribution in [2.45, 2.75) is 6.92 Å². The monoisotopic (exact) mass is 273 g/mol. The quantitative estimate of drug-likeness (QED) is 0.837. The molecule has 0 radical (unpaired) electrons. The zero-order valence-electron chi connectivity index (χ0n) is 11.9. The molecule has 2 rings (SSSR count). The lowest BCUT2D eigenvalue weighted by Crippen LogP contribution is -2.50. The van der Waals surface area contributed by atoms with E-state index in [0.29, 0.717) is 13.1 Å². The maximum absolute atomic E-state index is 12.0. The summed E-state index contributed by atoms with van der Waals surface area (Å²) in [6, 6.07) is 9.88.